The lowest BCUT2D eigenvalue weighted by Crippen LogP contribution is -1.96. The SMILES string of the molecule is Cl[SiH](Cl)CCc1cccc2c1ccc1ccccc12. The molecule has 0 aromatic heterocycles. The van der Waals surface area contributed by atoms with Crippen molar-refractivity contribution in [3.63, 3.8) is 0 Å². The van der Waals surface area contributed by atoms with E-state index >= 15 is 0 Å². The van der Waals surface area contributed by atoms with Crippen LogP contribution in [0.2, 0.25) is 6.04 Å². The molecule has 0 unspecified atom stereocenters. The van der Waals surface area contributed by atoms with Crippen molar-refractivity contribution in [3.05, 3.63) is 60.2 Å². The molecule has 0 bridgehead atoms. The minimum atomic E-state index is -1.53. The van der Waals surface area contributed by atoms with Gasteiger partial charge in [0.1, 0.15) is 0 Å². The first-order valence-corrected chi connectivity index (χ1v) is 10.7. The van der Waals surface area contributed by atoms with Crippen LogP contribution in [0, 0.1) is 0 Å². The molecule has 0 amide bonds. The summed E-state index contributed by atoms with van der Waals surface area (Å²) >= 11 is 12.0. The Bertz CT molecular complexity index is 722. The molecule has 0 nitrogen and oxygen atoms in total. The first kappa shape index (κ1) is 13.0. The van der Waals surface area contributed by atoms with E-state index in [9.17, 15) is 0 Å². The summed E-state index contributed by atoms with van der Waals surface area (Å²) < 4.78 is 0. The zero-order chi connectivity index (χ0) is 13.2. The van der Waals surface area contributed by atoms with E-state index in [0.717, 1.165) is 12.5 Å². The maximum absolute atomic E-state index is 5.98. The highest BCUT2D eigenvalue weighted by molar-refractivity contribution is 7.33. The summed E-state index contributed by atoms with van der Waals surface area (Å²) in [6.07, 6.45) is 0.972. The molecule has 3 aromatic rings. The highest BCUT2D eigenvalue weighted by Crippen LogP contribution is 2.28. The van der Waals surface area contributed by atoms with Gasteiger partial charge in [-0.1, -0.05) is 54.6 Å². The van der Waals surface area contributed by atoms with E-state index < -0.39 is 7.42 Å². The number of hydrogen-bond acceptors (Lipinski definition) is 0. The first-order valence-electron chi connectivity index (χ1n) is 6.43. The third-order valence-corrected chi connectivity index (χ3v) is 5.54. The van der Waals surface area contributed by atoms with Gasteiger partial charge in [0.25, 0.3) is 0 Å². The molecule has 0 heterocycles. The fraction of sp³-hybridized carbons (Fsp3) is 0.125. The average molecular weight is 305 g/mol. The molecule has 0 aliphatic carbocycles. The standard InChI is InChI=1S/C16H14Cl2Si/c17-19(18)11-10-13-5-3-7-16-14-6-2-1-4-12(14)8-9-15(13)16/h1-9,19H,10-11H2. The number of fused-ring (bicyclic) bond motifs is 3. The van der Waals surface area contributed by atoms with E-state index in [-0.39, 0.29) is 0 Å². The van der Waals surface area contributed by atoms with E-state index in [1.54, 1.807) is 0 Å². The van der Waals surface area contributed by atoms with Crippen LogP contribution in [-0.2, 0) is 6.42 Å². The van der Waals surface area contributed by atoms with Gasteiger partial charge < -0.3 is 0 Å². The predicted octanol–water partition coefficient (Wildman–Crippen LogP) is 5.23. The molecule has 3 heteroatoms. The lowest BCUT2D eigenvalue weighted by Gasteiger charge is -2.09. The van der Waals surface area contributed by atoms with Gasteiger partial charge in [-0.15, -0.1) is 0 Å². The van der Waals surface area contributed by atoms with E-state index in [1.165, 1.54) is 27.1 Å². The second-order valence-corrected chi connectivity index (χ2v) is 9.92. The van der Waals surface area contributed by atoms with E-state index in [2.05, 4.69) is 54.6 Å². The summed E-state index contributed by atoms with van der Waals surface area (Å²) in [4.78, 5) is 0. The monoisotopic (exact) mass is 304 g/mol. The average Bonchev–Trinajstić information content (AvgIpc) is 2.44. The number of aryl methyl sites for hydroxylation is 1. The summed E-state index contributed by atoms with van der Waals surface area (Å²) in [5, 5.41) is 5.24. The highest BCUT2D eigenvalue weighted by Gasteiger charge is 2.07. The van der Waals surface area contributed by atoms with Crippen LogP contribution in [0.1, 0.15) is 5.56 Å². The Hall–Kier alpha value is -1.02. The maximum atomic E-state index is 5.98. The molecular formula is C16H14Cl2Si. The minimum absolute atomic E-state index is 0.926. The van der Waals surface area contributed by atoms with Gasteiger partial charge in [0.05, 0.1) is 0 Å². The van der Waals surface area contributed by atoms with Crippen LogP contribution in [0.5, 0.6) is 0 Å². The second kappa shape index (κ2) is 5.54. The Morgan fingerprint density at radius 2 is 1.53 bits per heavy atom. The maximum Gasteiger partial charge on any atom is 0.237 e. The molecule has 0 aliphatic heterocycles. The summed E-state index contributed by atoms with van der Waals surface area (Å²) in [5.41, 5.74) is 1.35. The normalized spacial score (nSPS) is 11.5. The molecule has 0 N–H and O–H groups in total. The molecule has 0 radical (unpaired) electrons. The number of halogens is 2. The molecular weight excluding hydrogens is 291 g/mol. The Labute approximate surface area is 124 Å². The lowest BCUT2D eigenvalue weighted by atomic mass is 9.97. The van der Waals surface area contributed by atoms with Crippen molar-refractivity contribution < 1.29 is 0 Å². The Morgan fingerprint density at radius 1 is 0.737 bits per heavy atom. The van der Waals surface area contributed by atoms with E-state index in [0.29, 0.717) is 0 Å². The number of hydrogen-bond donors (Lipinski definition) is 0. The van der Waals surface area contributed by atoms with Gasteiger partial charge >= 0.3 is 0 Å². The van der Waals surface area contributed by atoms with Crippen molar-refractivity contribution in [2.24, 2.45) is 0 Å². The Balaban J connectivity index is 2.17. The van der Waals surface area contributed by atoms with Crippen LogP contribution < -0.4 is 0 Å². The molecule has 0 spiro atoms. The molecule has 0 saturated heterocycles. The summed E-state index contributed by atoms with van der Waals surface area (Å²) in [6, 6.07) is 20.3. The van der Waals surface area contributed by atoms with E-state index in [4.69, 9.17) is 22.2 Å². The molecule has 19 heavy (non-hydrogen) atoms. The quantitative estimate of drug-likeness (QED) is 0.353. The molecule has 0 saturated carbocycles. The minimum Gasteiger partial charge on any atom is -0.150 e. The van der Waals surface area contributed by atoms with Gasteiger partial charge in [-0.25, -0.2) is 0 Å². The topological polar surface area (TPSA) is 0 Å². The van der Waals surface area contributed by atoms with Crippen molar-refractivity contribution >= 4 is 51.1 Å². The van der Waals surface area contributed by atoms with Crippen LogP contribution in [-0.4, -0.2) is 7.42 Å². The molecule has 0 fully saturated rings. The van der Waals surface area contributed by atoms with Crippen LogP contribution in [0.15, 0.2) is 54.6 Å². The molecule has 0 aliphatic rings. The van der Waals surface area contributed by atoms with Crippen LogP contribution in [0.3, 0.4) is 0 Å². The fourth-order valence-corrected chi connectivity index (χ4v) is 3.77. The molecule has 0 atom stereocenters. The Morgan fingerprint density at radius 3 is 2.37 bits per heavy atom. The summed E-state index contributed by atoms with van der Waals surface area (Å²) in [7, 11) is -1.53. The largest absolute Gasteiger partial charge is 0.237 e. The van der Waals surface area contributed by atoms with Gasteiger partial charge in [0.2, 0.25) is 7.42 Å². The van der Waals surface area contributed by atoms with Gasteiger partial charge in [-0.3, -0.25) is 0 Å². The summed E-state index contributed by atoms with van der Waals surface area (Å²) in [5.74, 6) is 0. The smallest absolute Gasteiger partial charge is 0.150 e. The van der Waals surface area contributed by atoms with Crippen molar-refractivity contribution in [2.45, 2.75) is 12.5 Å². The highest BCUT2D eigenvalue weighted by atomic mass is 35.7. The van der Waals surface area contributed by atoms with Gasteiger partial charge in [0.15, 0.2) is 0 Å². The van der Waals surface area contributed by atoms with Crippen LogP contribution >= 0.6 is 22.2 Å². The van der Waals surface area contributed by atoms with Crippen molar-refractivity contribution in [1.29, 1.82) is 0 Å². The zero-order valence-corrected chi connectivity index (χ0v) is 13.1. The van der Waals surface area contributed by atoms with Crippen LogP contribution in [0.4, 0.5) is 0 Å². The van der Waals surface area contributed by atoms with Gasteiger partial charge in [0, 0.05) is 0 Å². The van der Waals surface area contributed by atoms with E-state index in [1.807, 2.05) is 0 Å². The first-order chi connectivity index (χ1) is 9.25. The molecule has 96 valence electrons. The lowest BCUT2D eigenvalue weighted by molar-refractivity contribution is 1.15. The number of benzene rings is 3. The predicted molar refractivity (Wildman–Crippen MR) is 88.8 cm³/mol. The zero-order valence-electron chi connectivity index (χ0n) is 10.4. The molecule has 3 rings (SSSR count). The Kier molecular flexibility index (Phi) is 3.78. The number of rotatable bonds is 3. The van der Waals surface area contributed by atoms with Gasteiger partial charge in [-0.05, 0) is 39.6 Å². The van der Waals surface area contributed by atoms with Crippen LogP contribution in [0.25, 0.3) is 21.5 Å². The van der Waals surface area contributed by atoms with Gasteiger partial charge in [-0.2, -0.15) is 22.2 Å². The second-order valence-electron chi connectivity index (χ2n) is 4.73. The van der Waals surface area contributed by atoms with Crippen molar-refractivity contribution in [3.8, 4) is 0 Å². The third kappa shape index (κ3) is 2.64. The molecule has 3 aromatic carbocycles. The fourth-order valence-electron chi connectivity index (χ4n) is 2.59. The van der Waals surface area contributed by atoms with Crippen molar-refractivity contribution in [1.82, 2.24) is 0 Å². The van der Waals surface area contributed by atoms with Crippen molar-refractivity contribution in [2.75, 3.05) is 0 Å². The third-order valence-electron chi connectivity index (χ3n) is 3.51. The summed E-state index contributed by atoms with van der Waals surface area (Å²) in [6.45, 7) is 0.